The molecule has 0 spiro atoms. The summed E-state index contributed by atoms with van der Waals surface area (Å²) in [6.45, 7) is 1.93. The average Bonchev–Trinajstić information content (AvgIpc) is 3.63. The van der Waals surface area contributed by atoms with Crippen LogP contribution in [0.4, 0.5) is 5.69 Å². The first-order valence-corrected chi connectivity index (χ1v) is 15.8. The summed E-state index contributed by atoms with van der Waals surface area (Å²) < 4.78 is 8.08. The predicted octanol–water partition coefficient (Wildman–Crippen LogP) is 4.19. The quantitative estimate of drug-likeness (QED) is 0.226. The zero-order valence-electron chi connectivity index (χ0n) is 25.4. The summed E-state index contributed by atoms with van der Waals surface area (Å²) in [6, 6.07) is 19.9. The highest BCUT2D eigenvalue weighted by Crippen LogP contribution is 2.36. The van der Waals surface area contributed by atoms with Gasteiger partial charge in [-0.1, -0.05) is 41.9 Å². The molecule has 4 aromatic rings. The summed E-state index contributed by atoms with van der Waals surface area (Å²) in [4.78, 5) is 41.3. The Labute approximate surface area is 276 Å². The molecule has 242 valence electrons. The number of likely N-dealkylation sites (tertiary alicyclic amines) is 1. The molecule has 2 saturated heterocycles. The third-order valence-corrected chi connectivity index (χ3v) is 8.71. The number of ether oxygens (including phenoxy) is 1. The summed E-state index contributed by atoms with van der Waals surface area (Å²) in [5.41, 5.74) is 2.66. The lowest BCUT2D eigenvalue weighted by molar-refractivity contribution is -0.145. The van der Waals surface area contributed by atoms with E-state index in [1.54, 1.807) is 29.2 Å². The second-order valence-electron chi connectivity index (χ2n) is 11.6. The number of carbonyl (C=O) groups excluding carboxylic acids is 2. The minimum absolute atomic E-state index is 0.0496. The fourth-order valence-electron chi connectivity index (χ4n) is 6.22. The van der Waals surface area contributed by atoms with Crippen LogP contribution in [0.2, 0.25) is 5.02 Å². The van der Waals surface area contributed by atoms with Crippen molar-refractivity contribution in [2.75, 3.05) is 25.0 Å². The van der Waals surface area contributed by atoms with Gasteiger partial charge in [-0.05, 0) is 96.9 Å². The van der Waals surface area contributed by atoms with Crippen LogP contribution >= 0.6 is 11.6 Å². The van der Waals surface area contributed by atoms with Crippen LogP contribution in [0.3, 0.4) is 0 Å². The van der Waals surface area contributed by atoms with E-state index in [0.29, 0.717) is 28.4 Å². The number of nitrogens with zero attached hydrogens (tertiary/aromatic N) is 5. The molecule has 0 unspecified atom stereocenters. The van der Waals surface area contributed by atoms with E-state index in [1.165, 1.54) is 41.4 Å². The average molecular weight is 656 g/mol. The van der Waals surface area contributed by atoms with Crippen LogP contribution in [0.25, 0.3) is 11.8 Å². The summed E-state index contributed by atoms with van der Waals surface area (Å²) in [6.07, 6.45) is 6.53. The molecule has 3 heterocycles. The highest BCUT2D eigenvalue weighted by atomic mass is 35.5. The summed E-state index contributed by atoms with van der Waals surface area (Å²) in [5, 5.41) is 27.4. The van der Waals surface area contributed by atoms with Crippen molar-refractivity contribution < 1.29 is 24.2 Å². The predicted molar refractivity (Wildman–Crippen MR) is 175 cm³/mol. The molecule has 2 aliphatic rings. The van der Waals surface area contributed by atoms with Gasteiger partial charge in [0.25, 0.3) is 0 Å². The van der Waals surface area contributed by atoms with E-state index >= 15 is 0 Å². The van der Waals surface area contributed by atoms with Gasteiger partial charge < -0.3 is 25.4 Å². The molecule has 2 amide bonds. The highest BCUT2D eigenvalue weighted by Gasteiger charge is 2.44. The number of anilines is 1. The van der Waals surface area contributed by atoms with Gasteiger partial charge in [0.15, 0.2) is 0 Å². The topological polar surface area (TPSA) is 152 Å². The van der Waals surface area contributed by atoms with Crippen LogP contribution in [0, 0.1) is 0 Å². The van der Waals surface area contributed by atoms with Gasteiger partial charge in [0.05, 0.1) is 23.5 Å². The number of hydrogen-bond acceptors (Lipinski definition) is 8. The largest absolute Gasteiger partial charge is 0.478 e. The minimum Gasteiger partial charge on any atom is -0.478 e. The summed E-state index contributed by atoms with van der Waals surface area (Å²) in [7, 11) is 0. The number of piperidine rings is 2. The molecule has 0 saturated carbocycles. The van der Waals surface area contributed by atoms with E-state index in [0.717, 1.165) is 31.5 Å². The Morgan fingerprint density at radius 2 is 1.77 bits per heavy atom. The van der Waals surface area contributed by atoms with Crippen molar-refractivity contribution in [1.82, 2.24) is 30.4 Å². The van der Waals surface area contributed by atoms with E-state index in [2.05, 4.69) is 26.2 Å². The molecule has 3 atom stereocenters. The van der Waals surface area contributed by atoms with Crippen LogP contribution in [-0.2, 0) is 14.3 Å². The molecule has 6 rings (SSSR count). The molecule has 2 aliphatic heterocycles. The second-order valence-corrected chi connectivity index (χ2v) is 12.0. The molecule has 1 aromatic heterocycles. The second kappa shape index (κ2) is 14.7. The maximum atomic E-state index is 14.2. The van der Waals surface area contributed by atoms with Gasteiger partial charge >= 0.3 is 5.97 Å². The number of amides is 2. The fourth-order valence-corrected chi connectivity index (χ4v) is 6.40. The van der Waals surface area contributed by atoms with E-state index in [1.807, 2.05) is 30.3 Å². The van der Waals surface area contributed by atoms with Gasteiger partial charge in [0, 0.05) is 34.8 Å². The van der Waals surface area contributed by atoms with Gasteiger partial charge in [-0.2, -0.15) is 4.68 Å². The van der Waals surface area contributed by atoms with Crippen molar-refractivity contribution in [2.45, 2.75) is 43.4 Å². The van der Waals surface area contributed by atoms with E-state index < -0.39 is 12.0 Å². The lowest BCUT2D eigenvalue weighted by Crippen LogP contribution is -2.57. The standard InChI is InChI=1S/C34H34ClN7O5/c35-25-9-12-30(42-21-37-39-40-42)24(18-25)8-13-31(43)41-20-28(47-27-14-16-36-17-15-27)19-29(22-4-2-1-3-5-22)32(41)33(44)38-26-10-6-23(7-11-26)34(45)46/h1-13,18,21,27-29,32,36H,14-17,19-20H2,(H,38,44)(H,45,46)/t28-,29-,32-/m1/s1. The lowest BCUT2D eigenvalue weighted by Gasteiger charge is -2.44. The Bertz CT molecular complexity index is 1730. The number of hydrogen-bond donors (Lipinski definition) is 3. The minimum atomic E-state index is -1.06. The highest BCUT2D eigenvalue weighted by molar-refractivity contribution is 6.30. The number of halogens is 1. The van der Waals surface area contributed by atoms with Crippen LogP contribution in [-0.4, -0.2) is 85.9 Å². The van der Waals surface area contributed by atoms with E-state index in [-0.39, 0.29) is 42.0 Å². The third-order valence-electron chi connectivity index (χ3n) is 8.47. The van der Waals surface area contributed by atoms with Crippen molar-refractivity contribution in [2.24, 2.45) is 0 Å². The van der Waals surface area contributed by atoms with Crippen LogP contribution < -0.4 is 10.6 Å². The molecule has 13 heteroatoms. The molecule has 0 bridgehead atoms. The molecular formula is C34H34ClN7O5. The van der Waals surface area contributed by atoms with Crippen LogP contribution in [0.1, 0.15) is 46.7 Å². The summed E-state index contributed by atoms with van der Waals surface area (Å²) >= 11 is 6.31. The molecule has 47 heavy (non-hydrogen) atoms. The van der Waals surface area contributed by atoms with E-state index in [4.69, 9.17) is 16.3 Å². The molecule has 3 aromatic carbocycles. The number of tetrazole rings is 1. The Morgan fingerprint density at radius 1 is 1.00 bits per heavy atom. The number of carbonyl (C=O) groups is 3. The zero-order chi connectivity index (χ0) is 32.8. The number of carboxylic acid groups (broad SMARTS) is 1. The van der Waals surface area contributed by atoms with Crippen LogP contribution in [0.15, 0.2) is 85.2 Å². The number of aromatic nitrogens is 4. The Hall–Kier alpha value is -4.91. The lowest BCUT2D eigenvalue weighted by atomic mass is 9.81. The van der Waals surface area contributed by atoms with Gasteiger partial charge in [-0.25, -0.2) is 4.79 Å². The smallest absolute Gasteiger partial charge is 0.335 e. The number of carboxylic acids is 1. The number of aromatic carboxylic acids is 1. The molecule has 0 radical (unpaired) electrons. The Kier molecular flexibility index (Phi) is 10.0. The van der Waals surface area contributed by atoms with Gasteiger partial charge in [0.2, 0.25) is 11.8 Å². The maximum absolute atomic E-state index is 14.2. The number of nitrogens with one attached hydrogen (secondary N) is 2. The molecule has 2 fully saturated rings. The normalized spacial score (nSPS) is 20.3. The van der Waals surface area contributed by atoms with Crippen molar-refractivity contribution in [3.8, 4) is 5.69 Å². The van der Waals surface area contributed by atoms with Crippen LogP contribution in [0.5, 0.6) is 0 Å². The zero-order valence-corrected chi connectivity index (χ0v) is 26.2. The Balaban J connectivity index is 1.34. The Morgan fingerprint density at radius 3 is 2.47 bits per heavy atom. The first-order chi connectivity index (χ1) is 22.9. The monoisotopic (exact) mass is 655 g/mol. The van der Waals surface area contributed by atoms with Gasteiger partial charge in [0.1, 0.15) is 12.4 Å². The van der Waals surface area contributed by atoms with E-state index in [9.17, 15) is 19.5 Å². The number of rotatable bonds is 9. The molecular weight excluding hydrogens is 622 g/mol. The van der Waals surface area contributed by atoms with Gasteiger partial charge in [-0.3, -0.25) is 9.59 Å². The SMILES string of the molecule is O=C(O)c1ccc(NC(=O)[C@H]2[C@@H](c3ccccc3)C[C@@H](OC3CCNCC3)CN2C(=O)C=Cc2cc(Cl)ccc2-n2cnnn2)cc1. The maximum Gasteiger partial charge on any atom is 0.335 e. The first kappa shape index (κ1) is 32.0. The molecule has 12 nitrogen and oxygen atoms in total. The van der Waals surface area contributed by atoms with Crippen molar-refractivity contribution in [3.63, 3.8) is 0 Å². The fraction of sp³-hybridized carbons (Fsp3) is 0.294. The first-order valence-electron chi connectivity index (χ1n) is 15.4. The third kappa shape index (κ3) is 7.74. The van der Waals surface area contributed by atoms with Crippen molar-refractivity contribution in [1.29, 1.82) is 0 Å². The van der Waals surface area contributed by atoms with Gasteiger partial charge in [-0.15, -0.1) is 5.10 Å². The van der Waals surface area contributed by atoms with Crippen molar-refractivity contribution >= 4 is 41.1 Å². The van der Waals surface area contributed by atoms with Crippen molar-refractivity contribution in [3.05, 3.63) is 107 Å². The number of benzene rings is 3. The molecule has 3 N–H and O–H groups in total. The molecule has 0 aliphatic carbocycles. The summed E-state index contributed by atoms with van der Waals surface area (Å²) in [5.74, 6) is -2.21.